The van der Waals surface area contributed by atoms with E-state index in [1.165, 1.54) is 5.56 Å². The Morgan fingerprint density at radius 1 is 1.10 bits per heavy atom. The van der Waals surface area contributed by atoms with Crippen LogP contribution in [0.1, 0.15) is 12.0 Å². The summed E-state index contributed by atoms with van der Waals surface area (Å²) in [5.74, 6) is -0.293. The fourth-order valence-corrected chi connectivity index (χ4v) is 2.42. The zero-order valence-electron chi connectivity index (χ0n) is 11.1. The van der Waals surface area contributed by atoms with Crippen molar-refractivity contribution < 1.29 is 4.42 Å². The summed E-state index contributed by atoms with van der Waals surface area (Å²) in [6.07, 6.45) is 1.75. The average molecular weight is 268 g/mol. The Hall–Kier alpha value is -2.49. The van der Waals surface area contributed by atoms with Crippen molar-refractivity contribution in [3.05, 3.63) is 64.6 Å². The molecule has 0 fully saturated rings. The molecular weight excluding hydrogens is 252 g/mol. The molecule has 0 saturated heterocycles. The van der Waals surface area contributed by atoms with Gasteiger partial charge in [0.15, 0.2) is 5.58 Å². The van der Waals surface area contributed by atoms with Crippen LogP contribution in [0.5, 0.6) is 0 Å². The van der Waals surface area contributed by atoms with Gasteiger partial charge in [0.25, 0.3) is 0 Å². The second-order valence-electron chi connectivity index (χ2n) is 4.84. The number of para-hydroxylation sites is 2. The van der Waals surface area contributed by atoms with Gasteiger partial charge < -0.3 is 10.2 Å². The van der Waals surface area contributed by atoms with Crippen LogP contribution in [0, 0.1) is 0 Å². The van der Waals surface area contributed by atoms with Crippen LogP contribution in [-0.4, -0.2) is 4.57 Å². The third-order valence-corrected chi connectivity index (χ3v) is 3.37. The lowest BCUT2D eigenvalue weighted by Crippen LogP contribution is -2.14. The molecule has 3 aromatic rings. The minimum atomic E-state index is -0.293. The first-order valence-corrected chi connectivity index (χ1v) is 6.67. The molecule has 0 unspecified atom stereocenters. The van der Waals surface area contributed by atoms with Crippen molar-refractivity contribution in [2.75, 3.05) is 5.73 Å². The number of aromatic nitrogens is 1. The maximum absolute atomic E-state index is 11.8. The zero-order valence-corrected chi connectivity index (χ0v) is 11.1. The number of rotatable bonds is 4. The number of oxazole rings is 1. The molecule has 0 amide bonds. The van der Waals surface area contributed by atoms with Gasteiger partial charge in [-0.05, 0) is 42.7 Å². The molecule has 3 rings (SSSR count). The van der Waals surface area contributed by atoms with Gasteiger partial charge >= 0.3 is 5.76 Å². The average Bonchev–Trinajstić information content (AvgIpc) is 2.75. The molecule has 0 aliphatic rings. The number of nitrogens with two attached hydrogens (primary N) is 1. The van der Waals surface area contributed by atoms with E-state index >= 15 is 0 Å². The number of anilines is 1. The molecule has 20 heavy (non-hydrogen) atoms. The van der Waals surface area contributed by atoms with E-state index in [0.717, 1.165) is 24.0 Å². The van der Waals surface area contributed by atoms with Crippen LogP contribution >= 0.6 is 0 Å². The van der Waals surface area contributed by atoms with Crippen molar-refractivity contribution in [1.82, 2.24) is 4.57 Å². The number of aryl methyl sites for hydroxylation is 2. The molecular formula is C16H16N2O2. The second-order valence-corrected chi connectivity index (χ2v) is 4.84. The van der Waals surface area contributed by atoms with E-state index in [4.69, 9.17) is 10.2 Å². The number of fused-ring (bicyclic) bond motifs is 1. The van der Waals surface area contributed by atoms with E-state index < -0.39 is 0 Å². The molecule has 0 radical (unpaired) electrons. The molecule has 0 aliphatic carbocycles. The minimum Gasteiger partial charge on any atom is -0.408 e. The SMILES string of the molecule is Nc1cccc(CCCn2c(=O)oc3ccccc32)c1. The molecule has 2 aromatic carbocycles. The summed E-state index contributed by atoms with van der Waals surface area (Å²) in [6.45, 7) is 0.643. The molecule has 0 bridgehead atoms. The number of hydrogen-bond donors (Lipinski definition) is 1. The van der Waals surface area contributed by atoms with Crippen LogP contribution < -0.4 is 11.5 Å². The van der Waals surface area contributed by atoms with E-state index in [1.54, 1.807) is 4.57 Å². The highest BCUT2D eigenvalue weighted by molar-refractivity contribution is 5.72. The van der Waals surface area contributed by atoms with Crippen LogP contribution in [-0.2, 0) is 13.0 Å². The van der Waals surface area contributed by atoms with E-state index in [0.29, 0.717) is 12.1 Å². The minimum absolute atomic E-state index is 0.293. The quantitative estimate of drug-likeness (QED) is 0.740. The van der Waals surface area contributed by atoms with Crippen molar-refractivity contribution in [1.29, 1.82) is 0 Å². The largest absolute Gasteiger partial charge is 0.419 e. The third-order valence-electron chi connectivity index (χ3n) is 3.37. The summed E-state index contributed by atoms with van der Waals surface area (Å²) in [7, 11) is 0. The highest BCUT2D eigenvalue weighted by Crippen LogP contribution is 2.13. The van der Waals surface area contributed by atoms with E-state index in [1.807, 2.05) is 48.5 Å². The van der Waals surface area contributed by atoms with Gasteiger partial charge in [-0.3, -0.25) is 4.57 Å². The van der Waals surface area contributed by atoms with Gasteiger partial charge in [-0.25, -0.2) is 4.79 Å². The third kappa shape index (κ3) is 2.45. The summed E-state index contributed by atoms with van der Waals surface area (Å²) in [6, 6.07) is 15.3. The molecule has 1 aromatic heterocycles. The van der Waals surface area contributed by atoms with Gasteiger partial charge in [0, 0.05) is 12.2 Å². The summed E-state index contributed by atoms with van der Waals surface area (Å²) in [5.41, 5.74) is 9.20. The van der Waals surface area contributed by atoms with E-state index in [2.05, 4.69) is 0 Å². The number of hydrogen-bond acceptors (Lipinski definition) is 3. The monoisotopic (exact) mass is 268 g/mol. The predicted molar refractivity (Wildman–Crippen MR) is 79.6 cm³/mol. The maximum atomic E-state index is 11.8. The summed E-state index contributed by atoms with van der Waals surface area (Å²) in [4.78, 5) is 11.8. The Labute approximate surface area is 116 Å². The van der Waals surface area contributed by atoms with Crippen molar-refractivity contribution >= 4 is 16.8 Å². The van der Waals surface area contributed by atoms with Crippen LogP contribution in [0.25, 0.3) is 11.1 Å². The Morgan fingerprint density at radius 2 is 1.95 bits per heavy atom. The summed E-state index contributed by atoms with van der Waals surface area (Å²) in [5, 5.41) is 0. The van der Waals surface area contributed by atoms with Crippen molar-refractivity contribution in [2.45, 2.75) is 19.4 Å². The first-order valence-electron chi connectivity index (χ1n) is 6.67. The summed E-state index contributed by atoms with van der Waals surface area (Å²) >= 11 is 0. The number of nitrogens with zero attached hydrogens (tertiary/aromatic N) is 1. The van der Waals surface area contributed by atoms with Gasteiger partial charge in [-0.2, -0.15) is 0 Å². The van der Waals surface area contributed by atoms with E-state index in [9.17, 15) is 4.79 Å². The van der Waals surface area contributed by atoms with Crippen molar-refractivity contribution in [2.24, 2.45) is 0 Å². The van der Waals surface area contributed by atoms with Crippen LogP contribution in [0.4, 0.5) is 5.69 Å². The Bertz CT molecular complexity index is 786. The van der Waals surface area contributed by atoms with Gasteiger partial charge in [0.1, 0.15) is 0 Å². The first kappa shape index (κ1) is 12.5. The smallest absolute Gasteiger partial charge is 0.408 e. The molecule has 4 nitrogen and oxygen atoms in total. The number of benzene rings is 2. The number of nitrogen functional groups attached to an aromatic ring is 1. The van der Waals surface area contributed by atoms with Gasteiger partial charge in [-0.1, -0.05) is 24.3 Å². The maximum Gasteiger partial charge on any atom is 0.419 e. The highest BCUT2D eigenvalue weighted by atomic mass is 16.4. The van der Waals surface area contributed by atoms with Crippen molar-refractivity contribution in [3.63, 3.8) is 0 Å². The molecule has 0 aliphatic heterocycles. The first-order chi connectivity index (χ1) is 9.74. The predicted octanol–water partition coefficient (Wildman–Crippen LogP) is 2.81. The van der Waals surface area contributed by atoms with Crippen molar-refractivity contribution in [3.8, 4) is 0 Å². The molecule has 0 saturated carbocycles. The molecule has 2 N–H and O–H groups in total. The Balaban J connectivity index is 1.74. The standard InChI is InChI=1S/C16H16N2O2/c17-13-7-3-5-12(11-13)6-4-10-18-14-8-1-2-9-15(14)20-16(18)19/h1-3,5,7-9,11H,4,6,10,17H2. The fraction of sp³-hybridized carbons (Fsp3) is 0.188. The normalized spacial score (nSPS) is 11.0. The molecule has 1 heterocycles. The highest BCUT2D eigenvalue weighted by Gasteiger charge is 2.07. The van der Waals surface area contributed by atoms with Crippen LogP contribution in [0.2, 0.25) is 0 Å². The van der Waals surface area contributed by atoms with Gasteiger partial charge in [-0.15, -0.1) is 0 Å². The molecule has 0 atom stereocenters. The van der Waals surface area contributed by atoms with Gasteiger partial charge in [0.2, 0.25) is 0 Å². The van der Waals surface area contributed by atoms with Gasteiger partial charge in [0.05, 0.1) is 5.52 Å². The Morgan fingerprint density at radius 3 is 2.80 bits per heavy atom. The second kappa shape index (κ2) is 5.25. The summed E-state index contributed by atoms with van der Waals surface area (Å²) < 4.78 is 6.89. The lowest BCUT2D eigenvalue weighted by atomic mass is 10.1. The topological polar surface area (TPSA) is 61.2 Å². The molecule has 102 valence electrons. The molecule has 4 heteroatoms. The lowest BCUT2D eigenvalue weighted by Gasteiger charge is -2.04. The zero-order chi connectivity index (χ0) is 13.9. The lowest BCUT2D eigenvalue weighted by molar-refractivity contribution is 0.497. The fourth-order valence-electron chi connectivity index (χ4n) is 2.42. The van der Waals surface area contributed by atoms with Crippen LogP contribution in [0.3, 0.4) is 0 Å². The molecule has 0 spiro atoms. The van der Waals surface area contributed by atoms with Crippen LogP contribution in [0.15, 0.2) is 57.7 Å². The van der Waals surface area contributed by atoms with E-state index in [-0.39, 0.29) is 5.76 Å². The Kier molecular flexibility index (Phi) is 3.29.